The maximum Gasteiger partial charge on any atom is 0.242 e. The van der Waals surface area contributed by atoms with Gasteiger partial charge in [0.05, 0.1) is 33.5 Å². The molecule has 0 bridgehead atoms. The lowest BCUT2D eigenvalue weighted by Gasteiger charge is -2.37. The lowest BCUT2D eigenvalue weighted by Crippen LogP contribution is -2.49. The Kier molecular flexibility index (Phi) is 6.93. The maximum absolute atomic E-state index is 13.2. The fourth-order valence-corrected chi connectivity index (χ4v) is 7.58. The third-order valence-electron chi connectivity index (χ3n) is 7.83. The number of aromatic nitrogens is 2. The number of amides is 2. The molecule has 0 atom stereocenters. The number of piperidine rings is 1. The molecular formula is C26H35N7O2S2. The number of hydrogen-bond donors (Lipinski definition) is 2. The molecule has 2 aromatic heterocycles. The molecule has 37 heavy (non-hydrogen) atoms. The van der Waals surface area contributed by atoms with Gasteiger partial charge < -0.3 is 25.3 Å². The Hall–Kier alpha value is -2.50. The van der Waals surface area contributed by atoms with Crippen LogP contribution < -0.4 is 10.6 Å². The molecule has 4 heterocycles. The van der Waals surface area contributed by atoms with E-state index in [9.17, 15) is 9.59 Å². The van der Waals surface area contributed by atoms with Crippen molar-refractivity contribution in [1.29, 1.82) is 0 Å². The van der Waals surface area contributed by atoms with Crippen molar-refractivity contribution in [3.05, 3.63) is 11.6 Å². The summed E-state index contributed by atoms with van der Waals surface area (Å²) in [7, 11) is 2.16. The number of anilines is 2. The smallest absolute Gasteiger partial charge is 0.242 e. The van der Waals surface area contributed by atoms with Crippen LogP contribution in [0.15, 0.2) is 6.07 Å². The molecule has 0 radical (unpaired) electrons. The van der Waals surface area contributed by atoms with E-state index in [0.717, 1.165) is 101 Å². The van der Waals surface area contributed by atoms with Crippen LogP contribution in [0.1, 0.15) is 44.1 Å². The predicted octanol–water partition coefficient (Wildman–Crippen LogP) is 3.75. The Labute approximate surface area is 225 Å². The van der Waals surface area contributed by atoms with Gasteiger partial charge in [-0.15, -0.1) is 0 Å². The number of nitrogens with one attached hydrogen (secondary N) is 2. The predicted molar refractivity (Wildman–Crippen MR) is 151 cm³/mol. The zero-order chi connectivity index (χ0) is 25.5. The van der Waals surface area contributed by atoms with E-state index in [-0.39, 0.29) is 24.9 Å². The molecule has 2 aliphatic heterocycles. The van der Waals surface area contributed by atoms with Gasteiger partial charge in [0.2, 0.25) is 11.8 Å². The highest BCUT2D eigenvalue weighted by Crippen LogP contribution is 2.37. The second-order valence-electron chi connectivity index (χ2n) is 10.6. The summed E-state index contributed by atoms with van der Waals surface area (Å²) in [5.74, 6) is 0.326. The minimum Gasteiger partial charge on any atom is -0.352 e. The number of carbonyl (C=O) groups excluding carboxylic acids is 2. The Morgan fingerprint density at radius 3 is 2.08 bits per heavy atom. The van der Waals surface area contributed by atoms with Crippen LogP contribution >= 0.6 is 22.7 Å². The molecule has 6 rings (SSSR count). The molecule has 1 aromatic carbocycles. The Morgan fingerprint density at radius 2 is 1.49 bits per heavy atom. The first-order valence-corrected chi connectivity index (χ1v) is 15.1. The summed E-state index contributed by atoms with van der Waals surface area (Å²) in [5, 5.41) is 8.09. The number of carbonyl (C=O) groups is 2. The highest BCUT2D eigenvalue weighted by atomic mass is 32.1. The highest BCUT2D eigenvalue weighted by Gasteiger charge is 2.38. The number of hydrogen-bond acceptors (Lipinski definition) is 9. The van der Waals surface area contributed by atoms with E-state index >= 15 is 0 Å². The number of aryl methyl sites for hydroxylation is 1. The quantitative estimate of drug-likeness (QED) is 0.449. The molecule has 3 aliphatic rings. The first-order valence-electron chi connectivity index (χ1n) is 13.4. The van der Waals surface area contributed by atoms with Crippen molar-refractivity contribution in [2.75, 3.05) is 56.9 Å². The summed E-state index contributed by atoms with van der Waals surface area (Å²) in [6, 6.07) is 2.91. The van der Waals surface area contributed by atoms with Gasteiger partial charge in [0, 0.05) is 30.7 Å². The lowest BCUT2D eigenvalue weighted by atomic mass is 10.0. The number of benzene rings is 1. The molecule has 0 spiro atoms. The van der Waals surface area contributed by atoms with E-state index in [1.165, 1.54) is 0 Å². The second kappa shape index (κ2) is 10.3. The molecule has 3 fully saturated rings. The fourth-order valence-electron chi connectivity index (χ4n) is 5.58. The third-order valence-corrected chi connectivity index (χ3v) is 9.75. The second-order valence-corrected chi connectivity index (χ2v) is 12.7. The third kappa shape index (κ3) is 5.26. The van der Waals surface area contributed by atoms with E-state index in [1.54, 1.807) is 22.7 Å². The largest absolute Gasteiger partial charge is 0.352 e. The number of nitrogens with zero attached hydrogens (tertiary/aromatic N) is 5. The van der Waals surface area contributed by atoms with E-state index in [0.29, 0.717) is 12.1 Å². The number of rotatable bonds is 8. The summed E-state index contributed by atoms with van der Waals surface area (Å²) >= 11 is 3.15. The van der Waals surface area contributed by atoms with Crippen molar-refractivity contribution in [1.82, 2.24) is 24.7 Å². The van der Waals surface area contributed by atoms with Crippen molar-refractivity contribution in [3.63, 3.8) is 0 Å². The molecule has 3 aromatic rings. The number of thiazole rings is 2. The number of likely N-dealkylation sites (tertiary alicyclic amines) is 2. The fraction of sp³-hybridized carbons (Fsp3) is 0.615. The SMILES string of the molecule is Cc1c2nc(NCC(=O)N3CCCC3)sc2cc2sc(NCC(=O)N(C3CC3)C3CCN(C)CC3)nc12. The van der Waals surface area contributed by atoms with Crippen LogP contribution in [0, 0.1) is 6.92 Å². The van der Waals surface area contributed by atoms with E-state index in [4.69, 9.17) is 9.97 Å². The van der Waals surface area contributed by atoms with Crippen LogP contribution in [0.5, 0.6) is 0 Å². The molecule has 1 saturated carbocycles. The van der Waals surface area contributed by atoms with Gasteiger partial charge in [0.15, 0.2) is 10.3 Å². The van der Waals surface area contributed by atoms with Gasteiger partial charge in [-0.2, -0.15) is 0 Å². The van der Waals surface area contributed by atoms with E-state index < -0.39 is 0 Å². The molecule has 1 aliphatic carbocycles. The minimum atomic E-state index is 0.137. The average Bonchev–Trinajstić information content (AvgIpc) is 3.26. The minimum absolute atomic E-state index is 0.137. The molecule has 2 amide bonds. The van der Waals surface area contributed by atoms with Crippen molar-refractivity contribution in [2.45, 2.75) is 57.5 Å². The zero-order valence-corrected chi connectivity index (χ0v) is 23.2. The Bertz CT molecular complexity index is 1300. The molecule has 11 heteroatoms. The summed E-state index contributed by atoms with van der Waals surface area (Å²) in [5.41, 5.74) is 2.87. The van der Waals surface area contributed by atoms with Crippen molar-refractivity contribution < 1.29 is 9.59 Å². The average molecular weight is 542 g/mol. The van der Waals surface area contributed by atoms with Crippen LogP contribution in [-0.2, 0) is 9.59 Å². The molecular weight excluding hydrogens is 506 g/mol. The highest BCUT2D eigenvalue weighted by molar-refractivity contribution is 7.24. The summed E-state index contributed by atoms with van der Waals surface area (Å²) in [4.78, 5) is 41.6. The molecule has 2 N–H and O–H groups in total. The van der Waals surface area contributed by atoms with Crippen molar-refractivity contribution in [3.8, 4) is 0 Å². The first-order chi connectivity index (χ1) is 18.0. The van der Waals surface area contributed by atoms with Crippen LogP contribution in [0.4, 0.5) is 10.3 Å². The van der Waals surface area contributed by atoms with Gasteiger partial charge in [0.1, 0.15) is 0 Å². The standard InChI is InChI=1S/C26H35N7O2S2/c1-16-23-19(36-25(29-23)27-14-21(34)32-9-3-4-10-32)13-20-24(16)30-26(37-20)28-15-22(35)33(17-5-6-17)18-7-11-31(2)12-8-18/h13,17-18H,3-12,14-15H2,1-2H3,(H,27,29)(H,28,30). The maximum atomic E-state index is 13.2. The lowest BCUT2D eigenvalue weighted by molar-refractivity contribution is -0.133. The molecule has 2 saturated heterocycles. The van der Waals surface area contributed by atoms with Gasteiger partial charge in [-0.25, -0.2) is 9.97 Å². The Morgan fingerprint density at radius 1 is 0.919 bits per heavy atom. The monoisotopic (exact) mass is 541 g/mol. The van der Waals surface area contributed by atoms with Crippen molar-refractivity contribution >= 4 is 65.2 Å². The normalized spacial score (nSPS) is 19.1. The molecule has 9 nitrogen and oxygen atoms in total. The van der Waals surface area contributed by atoms with E-state index in [1.807, 2.05) is 11.8 Å². The van der Waals surface area contributed by atoms with Crippen LogP contribution in [0.2, 0.25) is 0 Å². The van der Waals surface area contributed by atoms with Crippen LogP contribution in [0.25, 0.3) is 20.4 Å². The van der Waals surface area contributed by atoms with Crippen LogP contribution in [0.3, 0.4) is 0 Å². The summed E-state index contributed by atoms with van der Waals surface area (Å²) in [6.45, 7) is 6.45. The first kappa shape index (κ1) is 24.8. The van der Waals surface area contributed by atoms with E-state index in [2.05, 4.69) is 33.5 Å². The molecule has 198 valence electrons. The van der Waals surface area contributed by atoms with Gasteiger partial charge in [-0.3, -0.25) is 9.59 Å². The van der Waals surface area contributed by atoms with Gasteiger partial charge >= 0.3 is 0 Å². The molecule has 0 unspecified atom stereocenters. The zero-order valence-electron chi connectivity index (χ0n) is 21.6. The van der Waals surface area contributed by atoms with Gasteiger partial charge in [-0.1, -0.05) is 22.7 Å². The number of fused-ring (bicyclic) bond motifs is 2. The van der Waals surface area contributed by atoms with Crippen LogP contribution in [-0.4, -0.2) is 94.9 Å². The summed E-state index contributed by atoms with van der Waals surface area (Å²) in [6.07, 6.45) is 6.57. The Balaban J connectivity index is 1.12. The van der Waals surface area contributed by atoms with Gasteiger partial charge in [-0.05, 0) is 71.7 Å². The summed E-state index contributed by atoms with van der Waals surface area (Å²) < 4.78 is 2.16. The van der Waals surface area contributed by atoms with Gasteiger partial charge in [0.25, 0.3) is 0 Å². The van der Waals surface area contributed by atoms with Crippen molar-refractivity contribution in [2.24, 2.45) is 0 Å². The topological polar surface area (TPSA) is 93.7 Å².